The molecule has 0 fully saturated rings. The summed E-state index contributed by atoms with van der Waals surface area (Å²) < 4.78 is 44.4. The first-order valence-corrected chi connectivity index (χ1v) is 6.59. The second-order valence-corrected chi connectivity index (χ2v) is 5.03. The summed E-state index contributed by atoms with van der Waals surface area (Å²) in [6, 6.07) is 4.96. The van der Waals surface area contributed by atoms with Gasteiger partial charge in [0.15, 0.2) is 0 Å². The molecule has 5 nitrogen and oxygen atoms in total. The van der Waals surface area contributed by atoms with Crippen LogP contribution in [0.3, 0.4) is 0 Å². The van der Waals surface area contributed by atoms with Gasteiger partial charge in [-0.2, -0.15) is 18.2 Å². The number of nitrogens with zero attached hydrogens (tertiary/aromatic N) is 3. The van der Waals surface area contributed by atoms with Crippen LogP contribution in [0.25, 0.3) is 5.57 Å². The minimum atomic E-state index is -4.58. The van der Waals surface area contributed by atoms with Crippen LogP contribution in [0.4, 0.5) is 13.2 Å². The Balaban J connectivity index is 2.17. The van der Waals surface area contributed by atoms with Crippen molar-refractivity contribution in [2.24, 2.45) is 4.99 Å². The molecule has 0 aliphatic carbocycles. The maximum absolute atomic E-state index is 13.3. The van der Waals surface area contributed by atoms with Gasteiger partial charge in [0.25, 0.3) is 0 Å². The molecule has 1 aliphatic heterocycles. The molecule has 0 amide bonds. The topological polar surface area (TPSA) is 68.3 Å². The smallest absolute Gasteiger partial charge is 0.342 e. The van der Waals surface area contributed by atoms with Crippen LogP contribution in [-0.4, -0.2) is 29.2 Å². The molecule has 1 aromatic carbocycles. The van der Waals surface area contributed by atoms with E-state index >= 15 is 0 Å². The van der Waals surface area contributed by atoms with E-state index in [0.717, 1.165) is 12.5 Å². The molecule has 2 heterocycles. The number of allylic oxidation sites excluding steroid dienone is 1. The van der Waals surface area contributed by atoms with Crippen LogP contribution in [-0.2, 0) is 16.4 Å². The van der Waals surface area contributed by atoms with Gasteiger partial charge in [0.1, 0.15) is 6.29 Å². The van der Waals surface area contributed by atoms with E-state index in [2.05, 4.69) is 19.7 Å². The number of dihydropyridines is 1. The molecular formula is C15H10F3N3O2. The molecule has 1 aromatic heterocycles. The lowest BCUT2D eigenvalue weighted by Gasteiger charge is -2.29. The first-order valence-electron chi connectivity index (χ1n) is 6.59. The second kappa shape index (κ2) is 5.45. The third kappa shape index (κ3) is 2.67. The first-order chi connectivity index (χ1) is 11.0. The van der Waals surface area contributed by atoms with Crippen LogP contribution in [0.15, 0.2) is 46.3 Å². The SMILES string of the molecule is O=CC1(c2ccccc2C(F)(F)F)C=C(c2ncon2)C=NC1. The molecule has 0 saturated heterocycles. The lowest BCUT2D eigenvalue weighted by Crippen LogP contribution is -2.34. The summed E-state index contributed by atoms with van der Waals surface area (Å²) in [5.74, 6) is 0.157. The van der Waals surface area contributed by atoms with Crippen LogP contribution in [0.1, 0.15) is 17.0 Å². The zero-order valence-corrected chi connectivity index (χ0v) is 11.6. The van der Waals surface area contributed by atoms with Crippen molar-refractivity contribution in [3.05, 3.63) is 53.7 Å². The van der Waals surface area contributed by atoms with E-state index < -0.39 is 17.2 Å². The number of carbonyl (C=O) groups is 1. The molecule has 23 heavy (non-hydrogen) atoms. The van der Waals surface area contributed by atoms with Crippen molar-refractivity contribution < 1.29 is 22.5 Å². The van der Waals surface area contributed by atoms with Gasteiger partial charge in [-0.1, -0.05) is 29.4 Å². The quantitative estimate of drug-likeness (QED) is 0.815. The number of halogens is 3. The Morgan fingerprint density at radius 2 is 2.04 bits per heavy atom. The minimum absolute atomic E-state index is 0.120. The number of alkyl halides is 3. The number of hydrogen-bond acceptors (Lipinski definition) is 5. The molecule has 118 valence electrons. The van der Waals surface area contributed by atoms with Crippen molar-refractivity contribution in [1.82, 2.24) is 10.1 Å². The van der Waals surface area contributed by atoms with Gasteiger partial charge in [0.2, 0.25) is 12.2 Å². The molecule has 2 aromatic rings. The van der Waals surface area contributed by atoms with E-state index in [4.69, 9.17) is 0 Å². The summed E-state index contributed by atoms with van der Waals surface area (Å²) in [4.78, 5) is 19.6. The van der Waals surface area contributed by atoms with E-state index in [9.17, 15) is 18.0 Å². The highest BCUT2D eigenvalue weighted by Gasteiger charge is 2.41. The normalized spacial score (nSPS) is 21.1. The summed E-state index contributed by atoms with van der Waals surface area (Å²) in [6.45, 7) is -0.120. The number of hydrogen-bond donors (Lipinski definition) is 0. The van der Waals surface area contributed by atoms with Gasteiger partial charge in [0.05, 0.1) is 17.5 Å². The highest BCUT2D eigenvalue weighted by molar-refractivity contribution is 6.10. The third-order valence-electron chi connectivity index (χ3n) is 3.56. The Kier molecular flexibility index (Phi) is 3.59. The summed E-state index contributed by atoms with van der Waals surface area (Å²) in [5.41, 5.74) is -2.22. The van der Waals surface area contributed by atoms with E-state index in [0.29, 0.717) is 11.9 Å². The fraction of sp³-hybridized carbons (Fsp3) is 0.200. The minimum Gasteiger partial charge on any atom is -0.342 e. The molecular weight excluding hydrogens is 311 g/mol. The van der Waals surface area contributed by atoms with E-state index in [1.807, 2.05) is 0 Å². The monoisotopic (exact) mass is 321 g/mol. The van der Waals surface area contributed by atoms with Crippen molar-refractivity contribution >= 4 is 18.1 Å². The molecule has 1 unspecified atom stereocenters. The zero-order chi connectivity index (χ0) is 16.5. The fourth-order valence-electron chi connectivity index (χ4n) is 2.51. The van der Waals surface area contributed by atoms with Gasteiger partial charge in [-0.15, -0.1) is 0 Å². The lowest BCUT2D eigenvalue weighted by molar-refractivity contribution is -0.138. The summed E-state index contributed by atoms with van der Waals surface area (Å²) >= 11 is 0. The summed E-state index contributed by atoms with van der Waals surface area (Å²) in [7, 11) is 0. The Bertz CT molecular complexity index is 782. The summed E-state index contributed by atoms with van der Waals surface area (Å²) in [6.07, 6.45) is -0.224. The van der Waals surface area contributed by atoms with Gasteiger partial charge >= 0.3 is 6.18 Å². The molecule has 0 bridgehead atoms. The van der Waals surface area contributed by atoms with E-state index in [-0.39, 0.29) is 17.9 Å². The number of carbonyl (C=O) groups excluding carboxylic acids is 1. The Hall–Kier alpha value is -2.77. The standard InChI is InChI=1S/C15H10F3N3O2/c16-15(17,18)12-4-2-1-3-11(12)14(8-22)5-10(6-19-7-14)13-20-9-23-21-13/h1-6,8-9H,7H2. The second-order valence-electron chi connectivity index (χ2n) is 5.03. The van der Waals surface area contributed by atoms with Gasteiger partial charge in [0, 0.05) is 11.8 Å². The summed E-state index contributed by atoms with van der Waals surface area (Å²) in [5, 5.41) is 3.62. The third-order valence-corrected chi connectivity index (χ3v) is 3.56. The molecule has 0 spiro atoms. The van der Waals surface area contributed by atoms with Crippen LogP contribution >= 0.6 is 0 Å². The lowest BCUT2D eigenvalue weighted by atomic mass is 9.76. The van der Waals surface area contributed by atoms with Crippen molar-refractivity contribution in [1.29, 1.82) is 0 Å². The van der Waals surface area contributed by atoms with E-state index in [1.54, 1.807) is 0 Å². The van der Waals surface area contributed by atoms with E-state index in [1.165, 1.54) is 30.5 Å². The number of aromatic nitrogens is 2. The van der Waals surface area contributed by atoms with Gasteiger partial charge in [-0.3, -0.25) is 4.99 Å². The largest absolute Gasteiger partial charge is 0.416 e. The van der Waals surface area contributed by atoms with Crippen molar-refractivity contribution in [2.45, 2.75) is 11.6 Å². The van der Waals surface area contributed by atoms with Crippen LogP contribution in [0.2, 0.25) is 0 Å². The number of benzene rings is 1. The Labute approximate surface area is 128 Å². The van der Waals surface area contributed by atoms with Crippen molar-refractivity contribution in [3.63, 3.8) is 0 Å². The molecule has 0 radical (unpaired) electrons. The highest BCUT2D eigenvalue weighted by atomic mass is 19.4. The number of rotatable bonds is 3. The fourth-order valence-corrected chi connectivity index (χ4v) is 2.51. The average molecular weight is 321 g/mol. The zero-order valence-electron chi connectivity index (χ0n) is 11.6. The molecule has 0 saturated carbocycles. The maximum atomic E-state index is 13.3. The van der Waals surface area contributed by atoms with Crippen molar-refractivity contribution in [3.8, 4) is 0 Å². The van der Waals surface area contributed by atoms with Gasteiger partial charge in [-0.25, -0.2) is 0 Å². The van der Waals surface area contributed by atoms with Crippen LogP contribution in [0.5, 0.6) is 0 Å². The molecule has 8 heteroatoms. The average Bonchev–Trinajstić information content (AvgIpc) is 3.08. The number of aliphatic imine (C=N–C) groups is 1. The first kappa shape index (κ1) is 15.1. The van der Waals surface area contributed by atoms with Crippen molar-refractivity contribution in [2.75, 3.05) is 6.54 Å². The van der Waals surface area contributed by atoms with Gasteiger partial charge in [-0.05, 0) is 11.6 Å². The molecule has 0 N–H and O–H groups in total. The molecule has 1 atom stereocenters. The predicted molar refractivity (Wildman–Crippen MR) is 74.8 cm³/mol. The molecule has 1 aliphatic rings. The maximum Gasteiger partial charge on any atom is 0.416 e. The van der Waals surface area contributed by atoms with Crippen LogP contribution in [0, 0.1) is 0 Å². The highest BCUT2D eigenvalue weighted by Crippen LogP contribution is 2.39. The number of aldehydes is 1. The Morgan fingerprint density at radius 1 is 1.26 bits per heavy atom. The Morgan fingerprint density at radius 3 is 2.70 bits per heavy atom. The molecule has 3 rings (SSSR count). The predicted octanol–water partition coefficient (Wildman–Crippen LogP) is 2.69. The van der Waals surface area contributed by atoms with Crippen LogP contribution < -0.4 is 0 Å². The van der Waals surface area contributed by atoms with Gasteiger partial charge < -0.3 is 9.32 Å².